The lowest BCUT2D eigenvalue weighted by atomic mass is 9.44. The molecule has 1 saturated heterocycles. The Hall–Kier alpha value is -7.84. The van der Waals surface area contributed by atoms with Crippen LogP contribution in [0.3, 0.4) is 0 Å². The Labute approximate surface area is 586 Å². The zero-order valence-electron chi connectivity index (χ0n) is 59.1. The molecular formula is C81H99NO18. The van der Waals surface area contributed by atoms with Crippen molar-refractivity contribution in [2.24, 2.45) is 51.8 Å². The smallest absolute Gasteiger partial charge is 0.338 e. The predicted molar refractivity (Wildman–Crippen MR) is 369 cm³/mol. The number of carbonyl (C=O) groups excluding carboxylic acids is 8. The molecule has 3 aromatic rings. The van der Waals surface area contributed by atoms with E-state index in [9.17, 15) is 48.9 Å². The van der Waals surface area contributed by atoms with Gasteiger partial charge < -0.3 is 53.8 Å². The van der Waals surface area contributed by atoms with E-state index in [2.05, 4.69) is 57.0 Å². The van der Waals surface area contributed by atoms with E-state index < -0.39 is 143 Å². The van der Waals surface area contributed by atoms with Gasteiger partial charge in [0.2, 0.25) is 0 Å². The highest BCUT2D eigenvalue weighted by Gasteiger charge is 2.79. The number of amides is 1. The summed E-state index contributed by atoms with van der Waals surface area (Å²) in [5, 5.41) is 39.8. The van der Waals surface area contributed by atoms with Gasteiger partial charge in [0.15, 0.2) is 23.6 Å². The van der Waals surface area contributed by atoms with E-state index in [0.29, 0.717) is 23.3 Å². The maximum atomic E-state index is 16.6. The number of hydrogen-bond donors (Lipinski definition) is 4. The van der Waals surface area contributed by atoms with Crippen molar-refractivity contribution in [1.29, 1.82) is 0 Å². The molecule has 0 spiro atoms. The van der Waals surface area contributed by atoms with Crippen molar-refractivity contribution < 1.29 is 86.8 Å². The van der Waals surface area contributed by atoms with Crippen molar-refractivity contribution >= 4 is 47.5 Å². The summed E-state index contributed by atoms with van der Waals surface area (Å²) in [6.45, 7) is 19.1. The number of ketones is 1. The summed E-state index contributed by atoms with van der Waals surface area (Å²) in [6.07, 6.45) is 6.23. The zero-order chi connectivity index (χ0) is 71.8. The number of allylic oxidation sites excluding steroid dienone is 4. The summed E-state index contributed by atoms with van der Waals surface area (Å²) >= 11 is 0. The predicted octanol–water partition coefficient (Wildman–Crippen LogP) is 11.8. The van der Waals surface area contributed by atoms with E-state index in [0.717, 1.165) is 82.8 Å². The lowest BCUT2D eigenvalue weighted by Gasteiger charge is -2.67. The van der Waals surface area contributed by atoms with Crippen LogP contribution in [0.1, 0.15) is 191 Å². The van der Waals surface area contributed by atoms with Crippen molar-refractivity contribution in [2.45, 2.75) is 225 Å². The number of esters is 6. The number of ether oxygens (including phenoxy) is 7. The van der Waals surface area contributed by atoms with Crippen LogP contribution in [0.25, 0.3) is 0 Å². The van der Waals surface area contributed by atoms with Crippen LogP contribution in [-0.4, -0.2) is 129 Å². The van der Waals surface area contributed by atoms with Crippen LogP contribution in [0.2, 0.25) is 0 Å². The molecule has 4 N–H and O–H groups in total. The van der Waals surface area contributed by atoms with E-state index in [1.54, 1.807) is 92.7 Å². The molecule has 2 bridgehead atoms. The zero-order valence-corrected chi connectivity index (χ0v) is 59.1. The molecule has 7 aliphatic carbocycles. The summed E-state index contributed by atoms with van der Waals surface area (Å²) in [4.78, 5) is 115. The lowest BCUT2D eigenvalue weighted by molar-refractivity contribution is -0.346. The number of Topliss-reactive ketones (excluding diaryl/α,β-unsaturated/α-hetero) is 1. The monoisotopic (exact) mass is 1370 g/mol. The average Bonchev–Trinajstić information content (AvgIpc) is 0.719. The van der Waals surface area contributed by atoms with Gasteiger partial charge in [0.1, 0.15) is 36.1 Å². The van der Waals surface area contributed by atoms with Crippen LogP contribution < -0.4 is 5.32 Å². The molecule has 0 radical (unpaired) electrons. The van der Waals surface area contributed by atoms with E-state index in [1.807, 2.05) is 0 Å². The second kappa shape index (κ2) is 29.6. The summed E-state index contributed by atoms with van der Waals surface area (Å²) in [5.74, 6) is -6.60. The van der Waals surface area contributed by atoms with Crippen molar-refractivity contribution in [3.8, 4) is 0 Å². The molecule has 536 valence electrons. The maximum Gasteiger partial charge on any atom is 0.338 e. The van der Waals surface area contributed by atoms with Gasteiger partial charge >= 0.3 is 35.8 Å². The molecule has 0 aromatic heterocycles. The van der Waals surface area contributed by atoms with Gasteiger partial charge in [0.25, 0.3) is 5.91 Å². The third kappa shape index (κ3) is 14.4. The Bertz CT molecular complexity index is 3740. The summed E-state index contributed by atoms with van der Waals surface area (Å²) < 4.78 is 44.2. The first-order chi connectivity index (χ1) is 47.5. The molecule has 19 heteroatoms. The number of carbonyl (C=O) groups is 8. The molecule has 6 saturated carbocycles. The molecule has 18 atom stereocenters. The minimum atomic E-state index is -2.52. The number of unbranched alkanes of at least 4 members (excludes halogenated alkanes) is 1. The van der Waals surface area contributed by atoms with Crippen LogP contribution in [0, 0.1) is 51.8 Å². The van der Waals surface area contributed by atoms with E-state index in [-0.39, 0.29) is 71.6 Å². The van der Waals surface area contributed by atoms with Crippen LogP contribution >= 0.6 is 0 Å². The van der Waals surface area contributed by atoms with Gasteiger partial charge in [-0.15, -0.1) is 0 Å². The van der Waals surface area contributed by atoms with Crippen LogP contribution in [-0.2, 0) is 61.9 Å². The quantitative estimate of drug-likeness (QED) is 0.0315. The normalized spacial score (nSPS) is 33.4. The molecule has 1 aliphatic heterocycles. The first-order valence-corrected chi connectivity index (χ1v) is 35.9. The molecule has 7 fully saturated rings. The highest BCUT2D eigenvalue weighted by atomic mass is 16.6. The van der Waals surface area contributed by atoms with Gasteiger partial charge in [-0.05, 0) is 178 Å². The number of hydrogen-bond acceptors (Lipinski definition) is 18. The molecule has 14 unspecified atom stereocenters. The van der Waals surface area contributed by atoms with Crippen molar-refractivity contribution in [2.75, 3.05) is 6.61 Å². The fraction of sp³-hybridized carbons (Fsp3) is 0.556. The topological polar surface area (TPSA) is 274 Å². The summed E-state index contributed by atoms with van der Waals surface area (Å²) in [5.41, 5.74) is -4.12. The van der Waals surface area contributed by atoms with E-state index in [4.69, 9.17) is 33.2 Å². The first kappa shape index (κ1) is 73.4. The van der Waals surface area contributed by atoms with Gasteiger partial charge in [-0.25, -0.2) is 9.59 Å². The SMILES string of the molecule is C=C1/C(=C\C=C2/CCC[C@@]3(C)C2CCC3[C@@H](C)/C=C/C(OC(=O)CCCCC(=O)OC2CC3OCC3(OC(C)=O)C3C(OC(=O)c4ccccc4)C4(O)CC(OC(=O)C(O)C(NC(=O)c5ccccc5)c5ccccc5)C(C)=C(C(OC(C)=O)C(=O)C23C)C4(C)C)C2CC2)C[C@@H](C)C[C@@H]1O. The highest BCUT2D eigenvalue weighted by molar-refractivity contribution is 5.96. The Morgan fingerprint density at radius 1 is 0.790 bits per heavy atom. The number of nitrogens with one attached hydrogen (secondary N) is 1. The maximum absolute atomic E-state index is 16.6. The van der Waals surface area contributed by atoms with E-state index in [1.165, 1.54) is 31.6 Å². The second-order valence-corrected chi connectivity index (χ2v) is 30.7. The van der Waals surface area contributed by atoms with Gasteiger partial charge in [0.05, 0.1) is 35.6 Å². The number of fused-ring (bicyclic) bond motifs is 6. The van der Waals surface area contributed by atoms with Crippen molar-refractivity contribution in [3.05, 3.63) is 166 Å². The van der Waals surface area contributed by atoms with Crippen LogP contribution in [0.15, 0.2) is 150 Å². The summed E-state index contributed by atoms with van der Waals surface area (Å²) in [6, 6.07) is 22.9. The van der Waals surface area contributed by atoms with E-state index >= 15 is 4.79 Å². The molecule has 3 aromatic carbocycles. The lowest BCUT2D eigenvalue weighted by Crippen LogP contribution is -2.82. The Morgan fingerprint density at radius 3 is 2.07 bits per heavy atom. The highest BCUT2D eigenvalue weighted by Crippen LogP contribution is 2.66. The Balaban J connectivity index is 0.836. The first-order valence-electron chi connectivity index (χ1n) is 35.9. The Morgan fingerprint density at radius 2 is 1.44 bits per heavy atom. The molecule has 100 heavy (non-hydrogen) atoms. The number of benzene rings is 3. The molecule has 11 rings (SSSR count). The number of aliphatic hydroxyl groups excluding tert-OH is 2. The van der Waals surface area contributed by atoms with Gasteiger partial charge in [-0.2, -0.15) is 0 Å². The molecular weight excluding hydrogens is 1270 g/mol. The largest absolute Gasteiger partial charge is 0.461 e. The van der Waals surface area contributed by atoms with Crippen LogP contribution in [0.4, 0.5) is 0 Å². The fourth-order valence-corrected chi connectivity index (χ4v) is 18.3. The van der Waals surface area contributed by atoms with Gasteiger partial charge in [0, 0.05) is 50.5 Å². The molecule has 1 amide bonds. The third-order valence-electron chi connectivity index (χ3n) is 23.9. The average molecular weight is 1370 g/mol. The van der Waals surface area contributed by atoms with Crippen molar-refractivity contribution in [1.82, 2.24) is 5.32 Å². The standard InChI is InChI=1S/C81H99NO18/c1-46-41-57(48(3)60(85)42-46)36-33-52-29-22-40-78(9)58(37-38-59(52)78)47(2)32-39-61(53-34-35-53)96-65(86)30-20-21-31-66(87)98-63-43-64-80(45-94-64,100-51(6)84)71-73(99-75(91)56-27-18-13-19-28-56)81(93)44-62(49(4)67(77(81,7)8)70(95-50(5)83)72(89)79(63,71)10)97-76(92)69(88)68(54-23-14-11-15-24-54)82-74(90)55-25-16-12-17-26-55/h11-19,23-28,32-33,36,39,46-47,53,58-64,68-71,73,85,88,93H,3,20-22,29-31,34-35,37-38,40-45H2,1-2,4-10H3,(H,82,90)/b39-32+,52-33+,57-36-/t46-,47+,58?,59?,60+,61?,62?,63?,64?,68?,69?,70?,71?,73?,78-,79?,80?,81?/m1/s1. The molecule has 19 nitrogen and oxygen atoms in total. The number of rotatable bonds is 22. The van der Waals surface area contributed by atoms with Crippen molar-refractivity contribution in [3.63, 3.8) is 0 Å². The van der Waals surface area contributed by atoms with Gasteiger partial charge in [-0.3, -0.25) is 28.8 Å². The van der Waals surface area contributed by atoms with Crippen LogP contribution in [0.5, 0.6) is 0 Å². The number of aliphatic hydroxyl groups is 3. The summed E-state index contributed by atoms with van der Waals surface area (Å²) in [7, 11) is 0. The van der Waals surface area contributed by atoms with Gasteiger partial charge in [-0.1, -0.05) is 132 Å². The molecule has 8 aliphatic rings. The minimum Gasteiger partial charge on any atom is -0.461 e. The fourth-order valence-electron chi connectivity index (χ4n) is 18.3. The minimum absolute atomic E-state index is 0.0103. The molecule has 1 heterocycles. The second-order valence-electron chi connectivity index (χ2n) is 30.7. The Kier molecular flexibility index (Phi) is 21.7. The third-order valence-corrected chi connectivity index (χ3v) is 23.9.